The van der Waals surface area contributed by atoms with Crippen molar-refractivity contribution in [3.8, 4) is 0 Å². The number of carbonyl (C=O) groups is 1. The van der Waals surface area contributed by atoms with Gasteiger partial charge >= 0.3 is 5.97 Å². The number of likely N-dealkylation sites (N-methyl/N-ethyl adjacent to an activating group) is 1. The Hall–Kier alpha value is -1.78. The molecule has 0 atom stereocenters. The fraction of sp³-hybridized carbons (Fsp3) is 0.312. The zero-order valence-corrected chi connectivity index (χ0v) is 12.7. The van der Waals surface area contributed by atoms with Gasteiger partial charge < -0.3 is 14.1 Å². The maximum absolute atomic E-state index is 11.3. The summed E-state index contributed by atoms with van der Waals surface area (Å²) < 4.78 is 10.5. The summed E-state index contributed by atoms with van der Waals surface area (Å²) in [6.07, 6.45) is 3.93. The van der Waals surface area contributed by atoms with E-state index in [1.54, 1.807) is 6.08 Å². The van der Waals surface area contributed by atoms with Gasteiger partial charge in [0.1, 0.15) is 11.3 Å². The number of carbonyl (C=O) groups excluding carboxylic acids is 1. The van der Waals surface area contributed by atoms with Crippen molar-refractivity contribution in [2.45, 2.75) is 13.0 Å². The van der Waals surface area contributed by atoms with Crippen LogP contribution in [0, 0.1) is 0 Å². The average molecular weight is 306 g/mol. The molecule has 110 valence electrons. The third-order valence-electron chi connectivity index (χ3n) is 3.78. The van der Waals surface area contributed by atoms with Gasteiger partial charge in [0, 0.05) is 35.1 Å². The number of ether oxygens (including phenoxy) is 1. The van der Waals surface area contributed by atoms with Gasteiger partial charge in [0.05, 0.1) is 7.11 Å². The van der Waals surface area contributed by atoms with Crippen LogP contribution in [0.3, 0.4) is 0 Å². The van der Waals surface area contributed by atoms with E-state index in [0.717, 1.165) is 46.6 Å². The molecule has 0 fully saturated rings. The van der Waals surface area contributed by atoms with Crippen molar-refractivity contribution in [1.29, 1.82) is 0 Å². The SMILES string of the molecule is COC(=O)/C=C/c1oc2ccc(Cl)c3c2c1CN(C)CC3. The summed E-state index contributed by atoms with van der Waals surface area (Å²) in [6, 6.07) is 3.75. The smallest absolute Gasteiger partial charge is 0.330 e. The van der Waals surface area contributed by atoms with Crippen molar-refractivity contribution in [3.63, 3.8) is 0 Å². The lowest BCUT2D eigenvalue weighted by Crippen LogP contribution is -2.18. The van der Waals surface area contributed by atoms with Gasteiger partial charge in [0.15, 0.2) is 0 Å². The van der Waals surface area contributed by atoms with Gasteiger partial charge in [-0.25, -0.2) is 4.79 Å². The Kier molecular flexibility index (Phi) is 3.74. The van der Waals surface area contributed by atoms with Crippen LogP contribution in [0.15, 0.2) is 22.6 Å². The number of halogens is 1. The molecule has 21 heavy (non-hydrogen) atoms. The Balaban J connectivity index is 2.18. The minimum absolute atomic E-state index is 0.400. The van der Waals surface area contributed by atoms with Crippen LogP contribution < -0.4 is 0 Å². The van der Waals surface area contributed by atoms with Gasteiger partial charge in [-0.15, -0.1) is 0 Å². The van der Waals surface area contributed by atoms with Gasteiger partial charge in [0.2, 0.25) is 0 Å². The van der Waals surface area contributed by atoms with Crippen LogP contribution in [0.25, 0.3) is 17.0 Å². The fourth-order valence-corrected chi connectivity index (χ4v) is 2.97. The zero-order valence-electron chi connectivity index (χ0n) is 12.0. The third-order valence-corrected chi connectivity index (χ3v) is 4.13. The van der Waals surface area contributed by atoms with Gasteiger partial charge in [-0.1, -0.05) is 11.6 Å². The summed E-state index contributed by atoms with van der Waals surface area (Å²) in [6.45, 7) is 1.70. The highest BCUT2D eigenvalue weighted by molar-refractivity contribution is 6.32. The molecule has 1 aliphatic rings. The monoisotopic (exact) mass is 305 g/mol. The lowest BCUT2D eigenvalue weighted by molar-refractivity contribution is -0.134. The molecule has 5 heteroatoms. The molecule has 2 aromatic rings. The average Bonchev–Trinajstić information content (AvgIpc) is 2.70. The van der Waals surface area contributed by atoms with E-state index in [9.17, 15) is 4.79 Å². The third kappa shape index (κ3) is 2.57. The van der Waals surface area contributed by atoms with Crippen molar-refractivity contribution in [1.82, 2.24) is 4.90 Å². The number of hydrogen-bond donors (Lipinski definition) is 0. The molecule has 2 heterocycles. The van der Waals surface area contributed by atoms with E-state index in [4.69, 9.17) is 16.0 Å². The van der Waals surface area contributed by atoms with Crippen LogP contribution in [0.1, 0.15) is 16.9 Å². The normalized spacial score (nSPS) is 15.6. The van der Waals surface area contributed by atoms with E-state index in [2.05, 4.69) is 16.7 Å². The molecule has 1 aromatic heterocycles. The molecule has 0 bridgehead atoms. The summed E-state index contributed by atoms with van der Waals surface area (Å²) in [5.74, 6) is 0.288. The van der Waals surface area contributed by atoms with Crippen LogP contribution in [0.5, 0.6) is 0 Å². The predicted molar refractivity (Wildman–Crippen MR) is 82.3 cm³/mol. The number of benzene rings is 1. The summed E-state index contributed by atoms with van der Waals surface area (Å²) >= 11 is 6.34. The molecular formula is C16H16ClNO3. The Morgan fingerprint density at radius 3 is 3.00 bits per heavy atom. The maximum Gasteiger partial charge on any atom is 0.330 e. The van der Waals surface area contributed by atoms with Crippen molar-refractivity contribution in [2.75, 3.05) is 20.7 Å². The molecule has 0 radical (unpaired) electrons. The molecule has 0 N–H and O–H groups in total. The lowest BCUT2D eigenvalue weighted by Gasteiger charge is -2.12. The number of rotatable bonds is 2. The second-order valence-corrected chi connectivity index (χ2v) is 5.60. The highest BCUT2D eigenvalue weighted by Gasteiger charge is 2.22. The van der Waals surface area contributed by atoms with E-state index in [1.807, 2.05) is 12.1 Å². The topological polar surface area (TPSA) is 42.7 Å². The molecule has 0 unspecified atom stereocenters. The fourth-order valence-electron chi connectivity index (χ4n) is 2.72. The summed E-state index contributed by atoms with van der Waals surface area (Å²) in [5, 5.41) is 1.85. The minimum Gasteiger partial charge on any atom is -0.466 e. The summed E-state index contributed by atoms with van der Waals surface area (Å²) in [5.41, 5.74) is 3.00. The van der Waals surface area contributed by atoms with Crippen molar-refractivity contribution < 1.29 is 13.9 Å². The quantitative estimate of drug-likeness (QED) is 0.631. The van der Waals surface area contributed by atoms with E-state index in [-0.39, 0.29) is 0 Å². The second kappa shape index (κ2) is 5.54. The van der Waals surface area contributed by atoms with Gasteiger partial charge in [0.25, 0.3) is 0 Å². The predicted octanol–water partition coefficient (Wildman–Crippen LogP) is 3.26. The Labute approximate surface area is 127 Å². The van der Waals surface area contributed by atoms with E-state index in [0.29, 0.717) is 5.76 Å². The first kappa shape index (κ1) is 14.2. The number of hydrogen-bond acceptors (Lipinski definition) is 4. The Morgan fingerprint density at radius 2 is 2.24 bits per heavy atom. The Bertz CT molecular complexity index is 733. The highest BCUT2D eigenvalue weighted by atomic mass is 35.5. The molecule has 4 nitrogen and oxygen atoms in total. The number of methoxy groups -OCH3 is 1. The Morgan fingerprint density at radius 1 is 1.43 bits per heavy atom. The first-order valence-electron chi connectivity index (χ1n) is 6.77. The van der Waals surface area contributed by atoms with Crippen LogP contribution in [-0.4, -0.2) is 31.6 Å². The van der Waals surface area contributed by atoms with Crippen LogP contribution in [0.4, 0.5) is 0 Å². The number of esters is 1. The van der Waals surface area contributed by atoms with Gasteiger partial charge in [-0.2, -0.15) is 0 Å². The molecule has 1 aromatic carbocycles. The first-order valence-corrected chi connectivity index (χ1v) is 7.15. The first-order chi connectivity index (χ1) is 10.1. The highest BCUT2D eigenvalue weighted by Crippen LogP contribution is 2.36. The number of nitrogens with zero attached hydrogens (tertiary/aromatic N) is 1. The van der Waals surface area contributed by atoms with Crippen molar-refractivity contribution in [2.24, 2.45) is 0 Å². The minimum atomic E-state index is -0.400. The summed E-state index contributed by atoms with van der Waals surface area (Å²) in [4.78, 5) is 13.5. The standard InChI is InChI=1S/C16H16ClNO3/c1-18-8-7-10-12(17)3-4-14-16(10)11(9-18)13(21-14)5-6-15(19)20-2/h3-6H,7-9H2,1-2H3/b6-5+. The molecule has 3 rings (SSSR count). The second-order valence-electron chi connectivity index (χ2n) is 5.19. The van der Waals surface area contributed by atoms with E-state index >= 15 is 0 Å². The van der Waals surface area contributed by atoms with Crippen LogP contribution in [-0.2, 0) is 22.5 Å². The zero-order chi connectivity index (χ0) is 15.0. The van der Waals surface area contributed by atoms with E-state index < -0.39 is 5.97 Å². The van der Waals surface area contributed by atoms with E-state index in [1.165, 1.54) is 13.2 Å². The largest absolute Gasteiger partial charge is 0.466 e. The van der Waals surface area contributed by atoms with Crippen LogP contribution in [0.2, 0.25) is 5.02 Å². The molecule has 0 aliphatic carbocycles. The lowest BCUT2D eigenvalue weighted by atomic mass is 10.0. The van der Waals surface area contributed by atoms with Gasteiger partial charge in [-0.3, -0.25) is 0 Å². The van der Waals surface area contributed by atoms with Gasteiger partial charge in [-0.05, 0) is 37.2 Å². The molecule has 0 amide bonds. The molecular weight excluding hydrogens is 290 g/mol. The number of furan rings is 1. The van der Waals surface area contributed by atoms with Crippen LogP contribution >= 0.6 is 11.6 Å². The molecule has 0 spiro atoms. The van der Waals surface area contributed by atoms with Crippen molar-refractivity contribution in [3.05, 3.63) is 40.1 Å². The maximum atomic E-state index is 11.3. The molecule has 0 saturated heterocycles. The molecule has 0 saturated carbocycles. The molecule has 1 aliphatic heterocycles. The summed E-state index contributed by atoms with van der Waals surface area (Å²) in [7, 11) is 3.42. The van der Waals surface area contributed by atoms with Crippen molar-refractivity contribution >= 4 is 34.6 Å².